The molecule has 0 atom stereocenters. The van der Waals surface area contributed by atoms with Crippen LogP contribution in [-0.2, 0) is 4.79 Å². The number of hydrogen-bond donors (Lipinski definition) is 4. The lowest BCUT2D eigenvalue weighted by Crippen LogP contribution is -1.97. The van der Waals surface area contributed by atoms with Crippen LogP contribution in [0.15, 0.2) is 0 Å². The quantitative estimate of drug-likeness (QED) is 0.0487. The zero-order chi connectivity index (χ0) is 37.2. The average Bonchev–Trinajstić information content (AvgIpc) is 3.08. The Balaban J connectivity index is -0.000000362. The SMILES string of the molecule is CCCCCCCCCCCCCCCCCCCCCC(=O)O.CCCCCCCCCCCCCCCCCCN.CCO.CCO. The van der Waals surface area contributed by atoms with Gasteiger partial charge in [-0.05, 0) is 33.2 Å². The van der Waals surface area contributed by atoms with E-state index >= 15 is 0 Å². The largest absolute Gasteiger partial charge is 0.481 e. The van der Waals surface area contributed by atoms with E-state index in [1.165, 1.54) is 212 Å². The maximum atomic E-state index is 10.4. The summed E-state index contributed by atoms with van der Waals surface area (Å²) in [6.45, 7) is 9.31. The summed E-state index contributed by atoms with van der Waals surface area (Å²) in [6, 6.07) is 0. The van der Waals surface area contributed by atoms with E-state index in [2.05, 4.69) is 13.8 Å². The molecule has 0 aromatic carbocycles. The first kappa shape index (κ1) is 55.1. The maximum Gasteiger partial charge on any atom is 0.303 e. The van der Waals surface area contributed by atoms with Gasteiger partial charge in [-0.3, -0.25) is 4.79 Å². The maximum absolute atomic E-state index is 10.4. The number of nitrogens with two attached hydrogens (primary N) is 1. The van der Waals surface area contributed by atoms with Gasteiger partial charge in [-0.15, -0.1) is 0 Å². The highest BCUT2D eigenvalue weighted by Crippen LogP contribution is 2.16. The molecule has 0 bridgehead atoms. The third-order valence-electron chi connectivity index (χ3n) is 9.05. The Bertz CT molecular complexity index is 499. The van der Waals surface area contributed by atoms with E-state index in [0.717, 1.165) is 19.4 Å². The van der Waals surface area contributed by atoms with E-state index in [0.29, 0.717) is 6.42 Å². The highest BCUT2D eigenvalue weighted by molar-refractivity contribution is 5.66. The monoisotopic (exact) mass is 702 g/mol. The first-order valence-electron chi connectivity index (χ1n) is 22.2. The molecule has 5 N–H and O–H groups in total. The number of aliphatic hydroxyl groups excluding tert-OH is 2. The summed E-state index contributed by atoms with van der Waals surface area (Å²) in [5.41, 5.74) is 5.48. The molecule has 5 heteroatoms. The van der Waals surface area contributed by atoms with E-state index in [1.807, 2.05) is 0 Å². The number of rotatable bonds is 36. The highest BCUT2D eigenvalue weighted by Gasteiger charge is 1.98. The minimum Gasteiger partial charge on any atom is -0.481 e. The van der Waals surface area contributed by atoms with Gasteiger partial charge in [0, 0.05) is 19.6 Å². The molecule has 0 aliphatic carbocycles. The van der Waals surface area contributed by atoms with Crippen molar-refractivity contribution in [3.63, 3.8) is 0 Å². The summed E-state index contributed by atoms with van der Waals surface area (Å²) in [5.74, 6) is -0.651. The van der Waals surface area contributed by atoms with Crippen LogP contribution in [0.25, 0.3) is 0 Å². The van der Waals surface area contributed by atoms with Gasteiger partial charge in [0.2, 0.25) is 0 Å². The Hall–Kier alpha value is -0.650. The highest BCUT2D eigenvalue weighted by atomic mass is 16.4. The Labute approximate surface area is 309 Å². The molecule has 0 aromatic heterocycles. The number of carboxylic acids is 1. The van der Waals surface area contributed by atoms with Crippen molar-refractivity contribution in [2.75, 3.05) is 19.8 Å². The molecule has 0 saturated carbocycles. The van der Waals surface area contributed by atoms with Crippen molar-refractivity contribution >= 4 is 5.97 Å². The third-order valence-corrected chi connectivity index (χ3v) is 9.05. The second kappa shape index (κ2) is 59.5. The number of carbonyl (C=O) groups is 1. The molecule has 0 radical (unpaired) electrons. The zero-order valence-corrected chi connectivity index (χ0v) is 34.4. The van der Waals surface area contributed by atoms with Crippen molar-refractivity contribution in [2.45, 2.75) is 259 Å². The molecule has 0 fully saturated rings. The van der Waals surface area contributed by atoms with Crippen LogP contribution >= 0.6 is 0 Å². The normalized spacial score (nSPS) is 10.4. The number of aliphatic carboxylic acids is 1. The predicted molar refractivity (Wildman–Crippen MR) is 220 cm³/mol. The lowest BCUT2D eigenvalue weighted by atomic mass is 10.0. The fourth-order valence-electron chi connectivity index (χ4n) is 6.05. The summed E-state index contributed by atoms with van der Waals surface area (Å²) >= 11 is 0. The molecule has 0 aliphatic rings. The Morgan fingerprint density at radius 3 is 0.673 bits per heavy atom. The van der Waals surface area contributed by atoms with E-state index < -0.39 is 5.97 Å². The van der Waals surface area contributed by atoms with Gasteiger partial charge in [0.05, 0.1) is 0 Å². The van der Waals surface area contributed by atoms with Gasteiger partial charge in [0.1, 0.15) is 0 Å². The first-order chi connectivity index (χ1) is 24.0. The van der Waals surface area contributed by atoms with E-state index in [9.17, 15) is 4.79 Å². The standard InChI is InChI=1S/C22H44O2.C18H39N.2C2H6O/c1-2-3-4-5-6-7-8-9-10-11-12-13-14-15-16-17-18-19-20-21-22(23)24;1-2-3-4-5-6-7-8-9-10-11-12-13-14-15-16-17-18-19;2*1-2-3/h2-21H2,1H3,(H,23,24);2-19H2,1H3;2*3H,2H2,1H3. The smallest absolute Gasteiger partial charge is 0.303 e. The molecule has 300 valence electrons. The van der Waals surface area contributed by atoms with Crippen molar-refractivity contribution < 1.29 is 20.1 Å². The molecule has 0 rings (SSSR count). The molecule has 0 aromatic rings. The molecule has 0 heterocycles. The minimum atomic E-state index is -0.651. The molecule has 0 saturated heterocycles. The van der Waals surface area contributed by atoms with Gasteiger partial charge in [-0.25, -0.2) is 0 Å². The van der Waals surface area contributed by atoms with Crippen LogP contribution in [0.5, 0.6) is 0 Å². The Kier molecular flexibility index (Phi) is 66.9. The van der Waals surface area contributed by atoms with Gasteiger partial charge in [0.25, 0.3) is 0 Å². The second-order valence-corrected chi connectivity index (χ2v) is 14.2. The lowest BCUT2D eigenvalue weighted by Gasteiger charge is -2.03. The molecule has 0 amide bonds. The first-order valence-corrected chi connectivity index (χ1v) is 22.2. The van der Waals surface area contributed by atoms with Gasteiger partial charge >= 0.3 is 5.97 Å². The van der Waals surface area contributed by atoms with Crippen LogP contribution in [0, 0.1) is 0 Å². The molecular formula is C44H95NO4. The fraction of sp³-hybridized carbons (Fsp3) is 0.977. The van der Waals surface area contributed by atoms with E-state index in [4.69, 9.17) is 21.1 Å². The number of hydrogen-bond acceptors (Lipinski definition) is 4. The van der Waals surface area contributed by atoms with Crippen LogP contribution < -0.4 is 5.73 Å². The topological polar surface area (TPSA) is 104 Å². The van der Waals surface area contributed by atoms with Crippen LogP contribution in [0.2, 0.25) is 0 Å². The zero-order valence-electron chi connectivity index (χ0n) is 34.4. The minimum absolute atomic E-state index is 0.250. The summed E-state index contributed by atoms with van der Waals surface area (Å²) in [7, 11) is 0. The average molecular weight is 702 g/mol. The van der Waals surface area contributed by atoms with E-state index in [-0.39, 0.29) is 13.2 Å². The third kappa shape index (κ3) is 73.7. The van der Waals surface area contributed by atoms with Crippen LogP contribution in [0.4, 0.5) is 0 Å². The Morgan fingerprint density at radius 1 is 0.347 bits per heavy atom. The van der Waals surface area contributed by atoms with Gasteiger partial charge in [-0.1, -0.05) is 226 Å². The number of aliphatic hydroxyl groups is 2. The van der Waals surface area contributed by atoms with Crippen molar-refractivity contribution in [2.24, 2.45) is 5.73 Å². The molecule has 0 spiro atoms. The molecule has 49 heavy (non-hydrogen) atoms. The summed E-state index contributed by atoms with van der Waals surface area (Å²) < 4.78 is 0. The van der Waals surface area contributed by atoms with Crippen molar-refractivity contribution in [1.82, 2.24) is 0 Å². The predicted octanol–water partition coefficient (Wildman–Crippen LogP) is 14.1. The van der Waals surface area contributed by atoms with Gasteiger partial charge in [-0.2, -0.15) is 0 Å². The molecular weight excluding hydrogens is 606 g/mol. The fourth-order valence-corrected chi connectivity index (χ4v) is 6.05. The summed E-state index contributed by atoms with van der Waals surface area (Å²) in [5, 5.41) is 23.7. The Morgan fingerprint density at radius 2 is 0.510 bits per heavy atom. The second-order valence-electron chi connectivity index (χ2n) is 14.2. The van der Waals surface area contributed by atoms with E-state index in [1.54, 1.807) is 13.8 Å². The van der Waals surface area contributed by atoms with Crippen LogP contribution in [0.3, 0.4) is 0 Å². The van der Waals surface area contributed by atoms with Crippen LogP contribution in [0.1, 0.15) is 259 Å². The molecule has 5 nitrogen and oxygen atoms in total. The molecule has 0 aliphatic heterocycles. The summed E-state index contributed by atoms with van der Waals surface area (Å²) in [4.78, 5) is 10.4. The van der Waals surface area contributed by atoms with Crippen molar-refractivity contribution in [3.8, 4) is 0 Å². The van der Waals surface area contributed by atoms with Gasteiger partial charge < -0.3 is 21.1 Å². The lowest BCUT2D eigenvalue weighted by molar-refractivity contribution is -0.137. The van der Waals surface area contributed by atoms with Crippen LogP contribution in [-0.4, -0.2) is 41.0 Å². The summed E-state index contributed by atoms with van der Waals surface area (Å²) in [6.07, 6.45) is 48.9. The van der Waals surface area contributed by atoms with Crippen molar-refractivity contribution in [1.29, 1.82) is 0 Å². The number of carboxylic acid groups (broad SMARTS) is 1. The molecule has 0 unspecified atom stereocenters. The number of unbranched alkanes of at least 4 members (excludes halogenated alkanes) is 33. The van der Waals surface area contributed by atoms with Gasteiger partial charge in [0.15, 0.2) is 0 Å². The van der Waals surface area contributed by atoms with Crippen molar-refractivity contribution in [3.05, 3.63) is 0 Å².